The Morgan fingerprint density at radius 2 is 2.21 bits per heavy atom. The zero-order valence-electron chi connectivity index (χ0n) is 10.4. The largest absolute Gasteiger partial charge is 0.390 e. The highest BCUT2D eigenvalue weighted by Gasteiger charge is 2.29. The number of aromatic nitrogens is 1. The molecule has 0 aliphatic carbocycles. The second kappa shape index (κ2) is 5.79. The van der Waals surface area contributed by atoms with Crippen LogP contribution in [0.5, 0.6) is 0 Å². The van der Waals surface area contributed by atoms with Gasteiger partial charge < -0.3 is 10.8 Å². The normalized spacial score (nSPS) is 27.5. The van der Waals surface area contributed by atoms with E-state index < -0.39 is 22.2 Å². The molecule has 2 unspecified atom stereocenters. The number of hydrogen-bond acceptors (Lipinski definition) is 5. The quantitative estimate of drug-likeness (QED) is 0.728. The van der Waals surface area contributed by atoms with E-state index in [9.17, 15) is 13.5 Å². The van der Waals surface area contributed by atoms with Gasteiger partial charge in [-0.1, -0.05) is 18.2 Å². The van der Waals surface area contributed by atoms with Gasteiger partial charge >= 0.3 is 0 Å². The van der Waals surface area contributed by atoms with Gasteiger partial charge in [-0.25, -0.2) is 13.4 Å². The molecule has 19 heavy (non-hydrogen) atoms. The summed E-state index contributed by atoms with van der Waals surface area (Å²) in [4.78, 5) is 3.86. The van der Waals surface area contributed by atoms with Crippen molar-refractivity contribution in [3.8, 4) is 0 Å². The SMILES string of the molecule is NC1/C=C\CCN(S(=O)(=O)c2ccccn2)CC1O. The lowest BCUT2D eigenvalue weighted by Crippen LogP contribution is -2.46. The predicted molar refractivity (Wildman–Crippen MR) is 70.7 cm³/mol. The van der Waals surface area contributed by atoms with Crippen molar-refractivity contribution < 1.29 is 13.5 Å². The fraction of sp³-hybridized carbons (Fsp3) is 0.417. The lowest BCUT2D eigenvalue weighted by Gasteiger charge is -2.27. The summed E-state index contributed by atoms with van der Waals surface area (Å²) in [5.41, 5.74) is 5.72. The molecule has 2 atom stereocenters. The van der Waals surface area contributed by atoms with Crippen LogP contribution in [0.2, 0.25) is 0 Å². The maximum absolute atomic E-state index is 12.4. The second-order valence-corrected chi connectivity index (χ2v) is 6.28. The Morgan fingerprint density at radius 1 is 1.42 bits per heavy atom. The minimum atomic E-state index is -3.69. The molecule has 0 saturated carbocycles. The molecule has 104 valence electrons. The first kappa shape index (κ1) is 14.1. The first-order valence-corrected chi connectivity index (χ1v) is 7.47. The smallest absolute Gasteiger partial charge is 0.260 e. The van der Waals surface area contributed by atoms with Gasteiger partial charge in [0.1, 0.15) is 0 Å². The number of β-amino-alcohol motifs (C(OH)–C–C–N with tert-alkyl or cyclic N) is 1. The third kappa shape index (κ3) is 3.19. The van der Waals surface area contributed by atoms with Crippen molar-refractivity contribution in [2.75, 3.05) is 13.1 Å². The summed E-state index contributed by atoms with van der Waals surface area (Å²) < 4.78 is 26.0. The highest BCUT2D eigenvalue weighted by molar-refractivity contribution is 7.89. The Morgan fingerprint density at radius 3 is 2.89 bits per heavy atom. The number of pyridine rings is 1. The van der Waals surface area contributed by atoms with E-state index in [2.05, 4.69) is 4.98 Å². The molecular weight excluding hydrogens is 266 g/mol. The predicted octanol–water partition coefficient (Wildman–Crippen LogP) is -0.280. The average Bonchev–Trinajstić information content (AvgIpc) is 2.40. The Hall–Kier alpha value is -1.28. The fourth-order valence-corrected chi connectivity index (χ4v) is 3.28. The van der Waals surface area contributed by atoms with Crippen molar-refractivity contribution in [1.29, 1.82) is 0 Å². The zero-order valence-corrected chi connectivity index (χ0v) is 11.2. The van der Waals surface area contributed by atoms with Crippen molar-refractivity contribution in [2.45, 2.75) is 23.6 Å². The van der Waals surface area contributed by atoms with E-state index >= 15 is 0 Å². The minimum Gasteiger partial charge on any atom is -0.390 e. The Bertz CT molecular complexity index is 545. The molecule has 1 aliphatic rings. The van der Waals surface area contributed by atoms with Gasteiger partial charge in [-0.2, -0.15) is 4.31 Å². The van der Waals surface area contributed by atoms with E-state index in [0.717, 1.165) is 0 Å². The molecule has 2 heterocycles. The van der Waals surface area contributed by atoms with E-state index in [4.69, 9.17) is 5.73 Å². The summed E-state index contributed by atoms with van der Waals surface area (Å²) in [7, 11) is -3.69. The maximum Gasteiger partial charge on any atom is 0.260 e. The molecule has 3 N–H and O–H groups in total. The van der Waals surface area contributed by atoms with Gasteiger partial charge in [-0.15, -0.1) is 0 Å². The molecule has 6 nitrogen and oxygen atoms in total. The summed E-state index contributed by atoms with van der Waals surface area (Å²) in [6.07, 6.45) is 4.56. The number of nitrogens with zero attached hydrogens (tertiary/aromatic N) is 2. The van der Waals surface area contributed by atoms with E-state index in [1.165, 1.54) is 16.6 Å². The van der Waals surface area contributed by atoms with Gasteiger partial charge in [-0.3, -0.25) is 0 Å². The van der Waals surface area contributed by atoms with E-state index in [0.29, 0.717) is 13.0 Å². The van der Waals surface area contributed by atoms with Crippen molar-refractivity contribution in [1.82, 2.24) is 9.29 Å². The van der Waals surface area contributed by atoms with Crippen LogP contribution in [0.1, 0.15) is 6.42 Å². The molecule has 0 bridgehead atoms. The summed E-state index contributed by atoms with van der Waals surface area (Å²) in [5.74, 6) is 0. The highest BCUT2D eigenvalue weighted by atomic mass is 32.2. The minimum absolute atomic E-state index is 0.0136. The van der Waals surface area contributed by atoms with Gasteiger partial charge in [0.05, 0.1) is 12.1 Å². The molecule has 2 rings (SSSR count). The summed E-state index contributed by atoms with van der Waals surface area (Å²) >= 11 is 0. The number of hydrogen-bond donors (Lipinski definition) is 2. The van der Waals surface area contributed by atoms with Crippen LogP contribution in [0.3, 0.4) is 0 Å². The molecule has 0 spiro atoms. The standard InChI is InChI=1S/C12H17N3O3S/c13-10-5-2-4-8-15(9-11(10)16)19(17,18)12-6-1-3-7-14-12/h1-3,5-7,10-11,16H,4,8-9,13H2/b5-2-. The molecule has 1 aromatic heterocycles. The Balaban J connectivity index is 2.27. The van der Waals surface area contributed by atoms with Gasteiger partial charge in [0.25, 0.3) is 10.0 Å². The molecule has 0 radical (unpaired) electrons. The van der Waals surface area contributed by atoms with Crippen LogP contribution in [0.25, 0.3) is 0 Å². The lowest BCUT2D eigenvalue weighted by molar-refractivity contribution is 0.131. The molecule has 1 aliphatic heterocycles. The summed E-state index contributed by atoms with van der Waals surface area (Å²) in [6, 6.07) is 4.16. The van der Waals surface area contributed by atoms with Crippen LogP contribution < -0.4 is 5.73 Å². The van der Waals surface area contributed by atoms with Crippen LogP contribution in [-0.2, 0) is 10.0 Å². The monoisotopic (exact) mass is 283 g/mol. The van der Waals surface area contributed by atoms with E-state index in [1.54, 1.807) is 24.3 Å². The first-order valence-electron chi connectivity index (χ1n) is 6.03. The summed E-state index contributed by atoms with van der Waals surface area (Å²) in [6.45, 7) is 0.281. The van der Waals surface area contributed by atoms with Crippen molar-refractivity contribution in [3.05, 3.63) is 36.5 Å². The Labute approximate surface area is 112 Å². The third-order valence-corrected chi connectivity index (χ3v) is 4.76. The second-order valence-electron chi connectivity index (χ2n) is 4.39. The third-order valence-electron chi connectivity index (χ3n) is 2.98. The van der Waals surface area contributed by atoms with Crippen molar-refractivity contribution in [3.63, 3.8) is 0 Å². The summed E-state index contributed by atoms with van der Waals surface area (Å²) in [5, 5.41) is 9.85. The van der Waals surface area contributed by atoms with Crippen molar-refractivity contribution >= 4 is 10.0 Å². The average molecular weight is 283 g/mol. The van der Waals surface area contributed by atoms with Crippen molar-refractivity contribution in [2.24, 2.45) is 5.73 Å². The number of rotatable bonds is 2. The molecule has 0 fully saturated rings. The van der Waals surface area contributed by atoms with Gasteiger partial charge in [-0.05, 0) is 18.6 Å². The maximum atomic E-state index is 12.4. The van der Waals surface area contributed by atoms with E-state index in [1.807, 2.05) is 0 Å². The fourth-order valence-electron chi connectivity index (χ4n) is 1.87. The molecule has 0 aromatic carbocycles. The molecule has 1 aromatic rings. The number of sulfonamides is 1. The first-order chi connectivity index (χ1) is 9.01. The lowest BCUT2D eigenvalue weighted by atomic mass is 10.1. The van der Waals surface area contributed by atoms with Crippen LogP contribution in [-0.4, -0.2) is 48.0 Å². The highest BCUT2D eigenvalue weighted by Crippen LogP contribution is 2.16. The van der Waals surface area contributed by atoms with Gasteiger partial charge in [0.15, 0.2) is 5.03 Å². The van der Waals surface area contributed by atoms with Gasteiger partial charge in [0, 0.05) is 19.3 Å². The molecule has 0 amide bonds. The number of nitrogens with two attached hydrogens (primary N) is 1. The molecular formula is C12H17N3O3S. The molecule has 7 heteroatoms. The zero-order chi connectivity index (χ0) is 13.9. The number of aliphatic hydroxyl groups excluding tert-OH is 1. The topological polar surface area (TPSA) is 96.5 Å². The number of aliphatic hydroxyl groups is 1. The van der Waals surface area contributed by atoms with Crippen LogP contribution in [0.15, 0.2) is 41.6 Å². The van der Waals surface area contributed by atoms with E-state index in [-0.39, 0.29) is 11.6 Å². The van der Waals surface area contributed by atoms with Crippen LogP contribution in [0, 0.1) is 0 Å². The van der Waals surface area contributed by atoms with Crippen LogP contribution in [0.4, 0.5) is 0 Å². The van der Waals surface area contributed by atoms with Crippen LogP contribution >= 0.6 is 0 Å². The molecule has 0 saturated heterocycles. The van der Waals surface area contributed by atoms with Gasteiger partial charge in [0.2, 0.25) is 0 Å². The Kier molecular flexibility index (Phi) is 4.31.